The van der Waals surface area contributed by atoms with Gasteiger partial charge in [0.2, 0.25) is 0 Å². The zero-order valence-corrected chi connectivity index (χ0v) is 12.7. The number of fused-ring (bicyclic) bond motifs is 1. The molecule has 1 saturated heterocycles. The number of nitriles is 1. The molecule has 0 aromatic carbocycles. The smallest absolute Gasteiger partial charge is 0.151 e. The molecule has 1 aliphatic rings. The van der Waals surface area contributed by atoms with E-state index in [1.54, 1.807) is 0 Å². The van der Waals surface area contributed by atoms with Gasteiger partial charge in [0.25, 0.3) is 0 Å². The number of pyridine rings is 1. The van der Waals surface area contributed by atoms with E-state index >= 15 is 0 Å². The largest absolute Gasteiger partial charge is 0.322 e. The molecule has 0 aliphatic carbocycles. The van der Waals surface area contributed by atoms with Gasteiger partial charge in [-0.15, -0.1) is 0 Å². The van der Waals surface area contributed by atoms with E-state index in [9.17, 15) is 13.7 Å². The quantitative estimate of drug-likeness (QED) is 0.860. The van der Waals surface area contributed by atoms with Crippen LogP contribution in [0.4, 0.5) is 0 Å². The Balaban J connectivity index is 1.87. The first-order chi connectivity index (χ1) is 10.00. The predicted molar refractivity (Wildman–Crippen MR) is 80.6 cm³/mol. The van der Waals surface area contributed by atoms with E-state index in [0.29, 0.717) is 18.5 Å². The van der Waals surface area contributed by atoms with Crippen LogP contribution in [0.1, 0.15) is 17.5 Å². The molecule has 0 N–H and O–H groups in total. The van der Waals surface area contributed by atoms with Crippen LogP contribution in [0, 0.1) is 11.3 Å². The molecule has 1 aliphatic heterocycles. The maximum atomic E-state index is 11.6. The standard InChI is InChI=1S/C15H17N3O2S/c1-17(13-5-7-21(19,20)11-13)9-12-10-18-6-3-2-4-15(18)14(12)8-16/h2-4,6,10,13H,5,7,9,11H2,1H3. The molecule has 0 radical (unpaired) electrons. The minimum absolute atomic E-state index is 0.0459. The Bertz CT molecular complexity index is 817. The zero-order chi connectivity index (χ0) is 15.0. The number of hydrogen-bond donors (Lipinski definition) is 0. The van der Waals surface area contributed by atoms with E-state index in [-0.39, 0.29) is 17.5 Å². The molecule has 1 unspecified atom stereocenters. The fourth-order valence-electron chi connectivity index (χ4n) is 2.95. The van der Waals surface area contributed by atoms with Gasteiger partial charge in [-0.25, -0.2) is 8.42 Å². The van der Waals surface area contributed by atoms with Crippen molar-refractivity contribution in [2.45, 2.75) is 19.0 Å². The molecule has 0 amide bonds. The van der Waals surface area contributed by atoms with Crippen molar-refractivity contribution >= 4 is 15.4 Å². The summed E-state index contributed by atoms with van der Waals surface area (Å²) in [4.78, 5) is 2.04. The van der Waals surface area contributed by atoms with Gasteiger partial charge in [0, 0.05) is 30.5 Å². The minimum atomic E-state index is -2.88. The van der Waals surface area contributed by atoms with E-state index < -0.39 is 9.84 Å². The lowest BCUT2D eigenvalue weighted by atomic mass is 10.1. The highest BCUT2D eigenvalue weighted by molar-refractivity contribution is 7.91. The predicted octanol–water partition coefficient (Wildman–Crippen LogP) is 1.43. The van der Waals surface area contributed by atoms with Crippen molar-refractivity contribution in [1.29, 1.82) is 5.26 Å². The van der Waals surface area contributed by atoms with Crippen LogP contribution in [0.5, 0.6) is 0 Å². The van der Waals surface area contributed by atoms with Gasteiger partial charge in [-0.3, -0.25) is 4.90 Å². The van der Waals surface area contributed by atoms with Gasteiger partial charge in [-0.2, -0.15) is 5.26 Å². The van der Waals surface area contributed by atoms with Gasteiger partial charge < -0.3 is 4.40 Å². The second-order valence-electron chi connectivity index (χ2n) is 5.61. The number of aromatic nitrogens is 1. The maximum absolute atomic E-state index is 11.6. The minimum Gasteiger partial charge on any atom is -0.322 e. The number of rotatable bonds is 3. The SMILES string of the molecule is CN(Cc1cn2ccccc2c1C#N)C1CCS(=O)(=O)C1. The lowest BCUT2D eigenvalue weighted by molar-refractivity contribution is 0.254. The third-order valence-corrected chi connectivity index (χ3v) is 5.88. The highest BCUT2D eigenvalue weighted by Crippen LogP contribution is 2.22. The number of nitrogens with zero attached hydrogens (tertiary/aromatic N) is 3. The molecule has 2 aromatic heterocycles. The van der Waals surface area contributed by atoms with Gasteiger partial charge in [0.1, 0.15) is 6.07 Å². The molecule has 3 rings (SSSR count). The molecule has 6 heteroatoms. The normalized spacial score (nSPS) is 20.9. The fourth-order valence-corrected chi connectivity index (χ4v) is 4.75. The third-order valence-electron chi connectivity index (χ3n) is 4.13. The van der Waals surface area contributed by atoms with Gasteiger partial charge in [0.15, 0.2) is 9.84 Å². The monoisotopic (exact) mass is 303 g/mol. The Hall–Kier alpha value is -1.84. The molecule has 2 aromatic rings. The number of sulfone groups is 1. The summed E-state index contributed by atoms with van der Waals surface area (Å²) in [6.07, 6.45) is 4.54. The highest BCUT2D eigenvalue weighted by Gasteiger charge is 2.31. The molecule has 1 atom stereocenters. The van der Waals surface area contributed by atoms with Crippen LogP contribution in [-0.2, 0) is 16.4 Å². The average Bonchev–Trinajstić information content (AvgIpc) is 2.98. The summed E-state index contributed by atoms with van der Waals surface area (Å²) in [7, 11) is -0.959. The van der Waals surface area contributed by atoms with Crippen molar-refractivity contribution < 1.29 is 8.42 Å². The Labute approximate surface area is 124 Å². The summed E-state index contributed by atoms with van der Waals surface area (Å²) in [6.45, 7) is 0.588. The molecule has 21 heavy (non-hydrogen) atoms. The molecule has 0 bridgehead atoms. The van der Waals surface area contributed by atoms with Crippen LogP contribution in [0.3, 0.4) is 0 Å². The van der Waals surface area contributed by atoms with E-state index in [1.165, 1.54) is 0 Å². The van der Waals surface area contributed by atoms with Crippen LogP contribution in [0.2, 0.25) is 0 Å². The molecule has 3 heterocycles. The summed E-state index contributed by atoms with van der Waals surface area (Å²) in [5.41, 5.74) is 2.50. The van der Waals surface area contributed by atoms with Gasteiger partial charge >= 0.3 is 0 Å². The van der Waals surface area contributed by atoms with Gasteiger partial charge in [-0.05, 0) is 25.6 Å². The lowest BCUT2D eigenvalue weighted by Crippen LogP contribution is -2.32. The molecular weight excluding hydrogens is 286 g/mol. The summed E-state index contributed by atoms with van der Waals surface area (Å²) in [5.74, 6) is 0.490. The second kappa shape index (κ2) is 5.17. The topological polar surface area (TPSA) is 65.6 Å². The molecule has 0 saturated carbocycles. The third kappa shape index (κ3) is 2.67. The fraction of sp³-hybridized carbons (Fsp3) is 0.400. The van der Waals surface area contributed by atoms with Crippen molar-refractivity contribution in [2.75, 3.05) is 18.6 Å². The van der Waals surface area contributed by atoms with Crippen molar-refractivity contribution in [3.63, 3.8) is 0 Å². The zero-order valence-electron chi connectivity index (χ0n) is 11.9. The maximum Gasteiger partial charge on any atom is 0.151 e. The van der Waals surface area contributed by atoms with Crippen molar-refractivity contribution in [3.05, 3.63) is 41.7 Å². The Kier molecular flexibility index (Phi) is 3.47. The molecule has 1 fully saturated rings. The van der Waals surface area contributed by atoms with Crippen molar-refractivity contribution in [1.82, 2.24) is 9.30 Å². The first-order valence-electron chi connectivity index (χ1n) is 6.89. The van der Waals surface area contributed by atoms with Crippen LogP contribution in [0.15, 0.2) is 30.6 Å². The van der Waals surface area contributed by atoms with E-state index in [2.05, 4.69) is 6.07 Å². The Morgan fingerprint density at radius 1 is 1.48 bits per heavy atom. The van der Waals surface area contributed by atoms with Crippen LogP contribution >= 0.6 is 0 Å². The molecule has 110 valence electrons. The van der Waals surface area contributed by atoms with Gasteiger partial charge in [0.05, 0.1) is 22.6 Å². The van der Waals surface area contributed by atoms with E-state index in [1.807, 2.05) is 46.9 Å². The summed E-state index contributed by atoms with van der Waals surface area (Å²) in [5, 5.41) is 9.39. The van der Waals surface area contributed by atoms with Crippen molar-refractivity contribution in [3.8, 4) is 6.07 Å². The first-order valence-corrected chi connectivity index (χ1v) is 8.71. The van der Waals surface area contributed by atoms with Crippen LogP contribution in [0.25, 0.3) is 5.52 Å². The number of hydrogen-bond acceptors (Lipinski definition) is 4. The summed E-state index contributed by atoms with van der Waals surface area (Å²) < 4.78 is 25.1. The Morgan fingerprint density at radius 3 is 2.95 bits per heavy atom. The van der Waals surface area contributed by atoms with Crippen molar-refractivity contribution in [2.24, 2.45) is 0 Å². The Morgan fingerprint density at radius 2 is 2.29 bits per heavy atom. The summed E-state index contributed by atoms with van der Waals surface area (Å²) in [6, 6.07) is 8.06. The average molecular weight is 303 g/mol. The highest BCUT2D eigenvalue weighted by atomic mass is 32.2. The van der Waals surface area contributed by atoms with E-state index in [4.69, 9.17) is 0 Å². The molecular formula is C15H17N3O2S. The van der Waals surface area contributed by atoms with Crippen LogP contribution in [-0.4, -0.2) is 42.3 Å². The second-order valence-corrected chi connectivity index (χ2v) is 7.83. The van der Waals surface area contributed by atoms with Crippen LogP contribution < -0.4 is 0 Å². The lowest BCUT2D eigenvalue weighted by Gasteiger charge is -2.22. The molecule has 0 spiro atoms. The molecule has 5 nitrogen and oxygen atoms in total. The van der Waals surface area contributed by atoms with E-state index in [0.717, 1.165) is 11.1 Å². The van der Waals surface area contributed by atoms with Gasteiger partial charge in [-0.1, -0.05) is 6.07 Å². The first kappa shape index (κ1) is 14.1. The summed E-state index contributed by atoms with van der Waals surface area (Å²) >= 11 is 0.